The molecule has 0 aromatic heterocycles. The third-order valence-electron chi connectivity index (χ3n) is 6.19. The fraction of sp³-hybridized carbons (Fsp3) is 0.333. The zero-order valence-corrected chi connectivity index (χ0v) is 19.0. The molecule has 2 aromatic rings. The van der Waals surface area contributed by atoms with Gasteiger partial charge in [-0.15, -0.1) is 0 Å². The molecule has 3 amide bonds. The average Bonchev–Trinajstić information content (AvgIpc) is 3.01. The molecule has 1 aliphatic carbocycles. The van der Waals surface area contributed by atoms with Crippen molar-refractivity contribution in [3.63, 3.8) is 0 Å². The molecule has 1 heterocycles. The smallest absolute Gasteiger partial charge is 0.274 e. The molecule has 166 valence electrons. The number of ketones is 1. The van der Waals surface area contributed by atoms with Gasteiger partial charge in [0.05, 0.1) is 22.4 Å². The number of carbonyl (C=O) groups excluding carboxylic acids is 4. The highest BCUT2D eigenvalue weighted by molar-refractivity contribution is 6.36. The van der Waals surface area contributed by atoms with Crippen LogP contribution in [-0.4, -0.2) is 40.1 Å². The zero-order chi connectivity index (χ0) is 23.0. The highest BCUT2D eigenvalue weighted by atomic mass is 35.5. The summed E-state index contributed by atoms with van der Waals surface area (Å²) in [4.78, 5) is 53.0. The molecule has 8 heteroatoms. The van der Waals surface area contributed by atoms with Crippen LogP contribution < -0.4 is 0 Å². The van der Waals surface area contributed by atoms with E-state index >= 15 is 0 Å². The molecular weight excluding hydrogens is 451 g/mol. The molecule has 6 nitrogen and oxygen atoms in total. The maximum absolute atomic E-state index is 13.5. The first kappa shape index (κ1) is 22.5. The summed E-state index contributed by atoms with van der Waals surface area (Å²) in [6.07, 6.45) is 2.01. The van der Waals surface area contributed by atoms with E-state index in [1.54, 1.807) is 30.3 Å². The minimum Gasteiger partial charge on any atom is -0.292 e. The van der Waals surface area contributed by atoms with Crippen molar-refractivity contribution in [3.05, 3.63) is 69.7 Å². The van der Waals surface area contributed by atoms with Gasteiger partial charge in [-0.1, -0.05) is 60.5 Å². The molecule has 1 saturated carbocycles. The van der Waals surface area contributed by atoms with Crippen LogP contribution in [0.5, 0.6) is 0 Å². The third kappa shape index (κ3) is 4.17. The molecule has 4 rings (SSSR count). The van der Waals surface area contributed by atoms with Crippen molar-refractivity contribution < 1.29 is 19.2 Å². The fourth-order valence-electron chi connectivity index (χ4n) is 4.50. The average molecular weight is 473 g/mol. The molecule has 0 bridgehead atoms. The van der Waals surface area contributed by atoms with E-state index in [0.29, 0.717) is 29.3 Å². The molecule has 0 unspecified atom stereocenters. The van der Waals surface area contributed by atoms with E-state index in [2.05, 4.69) is 0 Å². The summed E-state index contributed by atoms with van der Waals surface area (Å²) < 4.78 is 0. The zero-order valence-electron chi connectivity index (χ0n) is 17.5. The maximum atomic E-state index is 13.5. The SMILES string of the molecule is C[C@@H]1CC[C@@H]2C(=O)N(N(CC(=O)c3ccccc3)C(=O)c3ccc(Cl)cc3Cl)C(=O)[C@@H]2C1. The Bertz CT molecular complexity index is 1090. The summed E-state index contributed by atoms with van der Waals surface area (Å²) in [5, 5.41) is 2.23. The van der Waals surface area contributed by atoms with Crippen LogP contribution in [0.25, 0.3) is 0 Å². The molecule has 1 aliphatic heterocycles. The Balaban J connectivity index is 1.72. The summed E-state index contributed by atoms with van der Waals surface area (Å²) in [6.45, 7) is 1.58. The second-order valence-corrected chi connectivity index (χ2v) is 9.24. The summed E-state index contributed by atoms with van der Waals surface area (Å²) in [5.74, 6) is -2.61. The molecule has 2 aromatic carbocycles. The van der Waals surface area contributed by atoms with Crippen LogP contribution in [0.2, 0.25) is 10.0 Å². The highest BCUT2D eigenvalue weighted by Crippen LogP contribution is 2.41. The van der Waals surface area contributed by atoms with Crippen molar-refractivity contribution >= 4 is 46.7 Å². The van der Waals surface area contributed by atoms with Gasteiger partial charge in [-0.05, 0) is 43.4 Å². The first-order valence-electron chi connectivity index (χ1n) is 10.5. The first-order chi connectivity index (χ1) is 15.3. The summed E-state index contributed by atoms with van der Waals surface area (Å²) >= 11 is 12.2. The van der Waals surface area contributed by atoms with Gasteiger partial charge in [-0.25, -0.2) is 5.01 Å². The van der Waals surface area contributed by atoms with Crippen molar-refractivity contribution in [2.75, 3.05) is 6.54 Å². The standard InChI is InChI=1S/C24H22Cl2N2O4/c1-14-7-9-17-19(11-14)24(32)28(23(17)31)27(13-21(29)15-5-3-2-4-6-15)22(30)18-10-8-16(25)12-20(18)26/h2-6,8,10,12,14,17,19H,7,9,11,13H2,1H3/t14-,17+,19-/m1/s1. The van der Waals surface area contributed by atoms with Crippen molar-refractivity contribution in [1.82, 2.24) is 10.0 Å². The number of carbonyl (C=O) groups is 4. The van der Waals surface area contributed by atoms with Crippen molar-refractivity contribution in [2.24, 2.45) is 17.8 Å². The molecule has 0 N–H and O–H groups in total. The van der Waals surface area contributed by atoms with E-state index in [0.717, 1.165) is 16.4 Å². The third-order valence-corrected chi connectivity index (χ3v) is 6.74. The number of Topliss-reactive ketones (excluding diaryl/α,β-unsaturated/α-hetero) is 1. The van der Waals surface area contributed by atoms with Gasteiger partial charge in [-0.2, -0.15) is 5.01 Å². The molecule has 0 spiro atoms. The number of hydrogen-bond acceptors (Lipinski definition) is 4. The lowest BCUT2D eigenvalue weighted by molar-refractivity contribution is -0.154. The predicted molar refractivity (Wildman–Crippen MR) is 120 cm³/mol. The number of benzene rings is 2. The Morgan fingerprint density at radius 3 is 2.38 bits per heavy atom. The van der Waals surface area contributed by atoms with Crippen LogP contribution in [-0.2, 0) is 9.59 Å². The van der Waals surface area contributed by atoms with E-state index in [-0.39, 0.29) is 10.6 Å². The lowest BCUT2D eigenvalue weighted by atomic mass is 9.76. The molecule has 2 aliphatic rings. The lowest BCUT2D eigenvalue weighted by Crippen LogP contribution is -2.52. The topological polar surface area (TPSA) is 74.8 Å². The van der Waals surface area contributed by atoms with Crippen molar-refractivity contribution in [1.29, 1.82) is 0 Å². The largest absolute Gasteiger partial charge is 0.292 e. The Morgan fingerprint density at radius 2 is 1.69 bits per heavy atom. The Kier molecular flexibility index (Phi) is 6.35. The van der Waals surface area contributed by atoms with Gasteiger partial charge in [-0.3, -0.25) is 19.2 Å². The Labute approximate surface area is 196 Å². The number of amides is 3. The van der Waals surface area contributed by atoms with Gasteiger partial charge in [0, 0.05) is 10.6 Å². The van der Waals surface area contributed by atoms with Gasteiger partial charge in [0.15, 0.2) is 5.78 Å². The molecular formula is C24H22Cl2N2O4. The van der Waals surface area contributed by atoms with Crippen LogP contribution in [0.4, 0.5) is 0 Å². The van der Waals surface area contributed by atoms with E-state index in [9.17, 15) is 19.2 Å². The van der Waals surface area contributed by atoms with Gasteiger partial charge in [0.25, 0.3) is 17.7 Å². The number of rotatable bonds is 5. The Hall–Kier alpha value is -2.70. The minimum atomic E-state index is -0.704. The van der Waals surface area contributed by atoms with Gasteiger partial charge >= 0.3 is 0 Å². The molecule has 0 radical (unpaired) electrons. The van der Waals surface area contributed by atoms with Crippen molar-refractivity contribution in [3.8, 4) is 0 Å². The van der Waals surface area contributed by atoms with Gasteiger partial charge < -0.3 is 0 Å². The van der Waals surface area contributed by atoms with E-state index in [1.807, 2.05) is 6.92 Å². The summed E-state index contributed by atoms with van der Waals surface area (Å²) in [6, 6.07) is 12.7. The van der Waals surface area contributed by atoms with Crippen LogP contribution in [0, 0.1) is 17.8 Å². The Morgan fingerprint density at radius 1 is 1.00 bits per heavy atom. The number of nitrogens with zero attached hydrogens (tertiary/aromatic N) is 2. The predicted octanol–water partition coefficient (Wildman–Crippen LogP) is 4.65. The van der Waals surface area contributed by atoms with Crippen molar-refractivity contribution in [2.45, 2.75) is 26.2 Å². The molecule has 32 heavy (non-hydrogen) atoms. The van der Waals surface area contributed by atoms with Crippen LogP contribution in [0.1, 0.15) is 46.9 Å². The van der Waals surface area contributed by atoms with E-state index in [4.69, 9.17) is 23.2 Å². The van der Waals surface area contributed by atoms with E-state index < -0.39 is 41.9 Å². The quantitative estimate of drug-likeness (QED) is 0.468. The first-order valence-corrected chi connectivity index (χ1v) is 11.3. The number of hydrogen-bond donors (Lipinski definition) is 0. The number of halogens is 2. The second kappa shape index (κ2) is 9.04. The fourth-order valence-corrected chi connectivity index (χ4v) is 4.99. The summed E-state index contributed by atoms with van der Waals surface area (Å²) in [5.41, 5.74) is 0.429. The maximum Gasteiger partial charge on any atom is 0.274 e. The van der Waals surface area contributed by atoms with E-state index in [1.165, 1.54) is 18.2 Å². The van der Waals surface area contributed by atoms with Crippen LogP contribution in [0.15, 0.2) is 48.5 Å². The summed E-state index contributed by atoms with van der Waals surface area (Å²) in [7, 11) is 0. The van der Waals surface area contributed by atoms with Gasteiger partial charge in [0.2, 0.25) is 0 Å². The van der Waals surface area contributed by atoms with Crippen LogP contribution >= 0.6 is 23.2 Å². The van der Waals surface area contributed by atoms with Gasteiger partial charge in [0.1, 0.15) is 6.54 Å². The highest BCUT2D eigenvalue weighted by Gasteiger charge is 2.52. The molecule has 3 atom stereocenters. The minimum absolute atomic E-state index is 0.0563. The number of fused-ring (bicyclic) bond motifs is 1. The lowest BCUT2D eigenvalue weighted by Gasteiger charge is -2.30. The monoisotopic (exact) mass is 472 g/mol. The number of hydrazine groups is 1. The number of imide groups is 1. The van der Waals surface area contributed by atoms with Crippen LogP contribution in [0.3, 0.4) is 0 Å². The second-order valence-electron chi connectivity index (χ2n) is 8.40. The normalized spacial score (nSPS) is 22.6. The molecule has 1 saturated heterocycles. The molecule has 2 fully saturated rings.